The minimum Gasteiger partial charge on any atom is -0.438 e. The van der Waals surface area contributed by atoms with Crippen molar-refractivity contribution in [3.63, 3.8) is 0 Å². The second-order valence-corrected chi connectivity index (χ2v) is 6.23. The van der Waals surface area contributed by atoms with Gasteiger partial charge in [-0.05, 0) is 30.7 Å². The third-order valence-corrected chi connectivity index (χ3v) is 4.27. The van der Waals surface area contributed by atoms with Crippen LogP contribution in [0.3, 0.4) is 0 Å². The van der Waals surface area contributed by atoms with E-state index < -0.39 is 5.91 Å². The van der Waals surface area contributed by atoms with Crippen LogP contribution < -0.4 is 10.9 Å². The van der Waals surface area contributed by atoms with Crippen LogP contribution in [0.1, 0.15) is 27.4 Å². The Morgan fingerprint density at radius 3 is 2.64 bits per heavy atom. The fourth-order valence-electron chi connectivity index (χ4n) is 2.82. The molecular formula is C22H17N3O3. The Morgan fingerprint density at radius 2 is 1.82 bits per heavy atom. The number of carbonyl (C=O) groups excluding carboxylic acids is 1. The highest BCUT2D eigenvalue weighted by molar-refractivity contribution is 6.06. The van der Waals surface area contributed by atoms with Gasteiger partial charge in [0.2, 0.25) is 5.55 Å². The van der Waals surface area contributed by atoms with Crippen LogP contribution in [0.25, 0.3) is 23.1 Å². The van der Waals surface area contributed by atoms with E-state index in [1.165, 1.54) is 0 Å². The first-order valence-corrected chi connectivity index (χ1v) is 8.70. The largest absolute Gasteiger partial charge is 0.438 e. The van der Waals surface area contributed by atoms with Crippen LogP contribution in [0.15, 0.2) is 69.6 Å². The standard InChI is InChI=1S/C22H17N3O3/c1-14-20(19(28-25-14)12-11-15-7-3-2-4-8-15)24-22(26)17-13-16-9-5-6-10-18(16)27-21(17)23/h2-13,23H,1H3,(H,24,26)/b12-11+,23-21?. The number of aryl methyl sites for hydroxylation is 1. The Morgan fingerprint density at radius 1 is 1.07 bits per heavy atom. The number of carbonyl (C=O) groups is 1. The predicted molar refractivity (Wildman–Crippen MR) is 107 cm³/mol. The molecule has 0 aliphatic heterocycles. The summed E-state index contributed by atoms with van der Waals surface area (Å²) in [5.41, 5.74) is 2.49. The molecular weight excluding hydrogens is 354 g/mol. The zero-order valence-electron chi connectivity index (χ0n) is 15.1. The molecule has 0 atom stereocenters. The molecule has 6 heteroatoms. The van der Waals surface area contributed by atoms with E-state index in [9.17, 15) is 4.79 Å². The number of amides is 1. The average molecular weight is 371 g/mol. The molecule has 28 heavy (non-hydrogen) atoms. The van der Waals surface area contributed by atoms with Crippen molar-refractivity contribution >= 4 is 34.7 Å². The highest BCUT2D eigenvalue weighted by Gasteiger charge is 2.17. The number of para-hydroxylation sites is 1. The number of nitrogens with one attached hydrogen (secondary N) is 2. The molecule has 0 aliphatic rings. The van der Waals surface area contributed by atoms with Gasteiger partial charge in [0.1, 0.15) is 22.5 Å². The molecule has 0 bridgehead atoms. The summed E-state index contributed by atoms with van der Waals surface area (Å²) in [5.74, 6) is -0.0286. The Bertz CT molecular complexity index is 1240. The lowest BCUT2D eigenvalue weighted by Gasteiger charge is -2.05. The number of rotatable bonds is 4. The monoisotopic (exact) mass is 371 g/mol. The topological polar surface area (TPSA) is 92.1 Å². The van der Waals surface area contributed by atoms with Gasteiger partial charge >= 0.3 is 0 Å². The van der Waals surface area contributed by atoms with Gasteiger partial charge in [0.25, 0.3) is 5.91 Å². The van der Waals surface area contributed by atoms with Gasteiger partial charge in [-0.25, -0.2) is 0 Å². The van der Waals surface area contributed by atoms with E-state index in [0.717, 1.165) is 10.9 Å². The van der Waals surface area contributed by atoms with E-state index in [1.54, 1.807) is 25.1 Å². The number of hydrogen-bond donors (Lipinski definition) is 2. The Hall–Kier alpha value is -3.93. The van der Waals surface area contributed by atoms with Crippen molar-refractivity contribution in [1.29, 1.82) is 5.41 Å². The van der Waals surface area contributed by atoms with Crippen molar-refractivity contribution in [2.45, 2.75) is 6.92 Å². The van der Waals surface area contributed by atoms with Gasteiger partial charge in [0.05, 0.1) is 0 Å². The molecule has 6 nitrogen and oxygen atoms in total. The number of benzene rings is 2. The second kappa shape index (κ2) is 7.36. The van der Waals surface area contributed by atoms with Crippen molar-refractivity contribution in [2.24, 2.45) is 0 Å². The SMILES string of the molecule is Cc1noc(/C=C/c2ccccc2)c1NC(=O)c1cc2ccccc2oc1=N. The Kier molecular flexibility index (Phi) is 4.60. The predicted octanol–water partition coefficient (Wildman–Crippen LogP) is 4.63. The first-order chi connectivity index (χ1) is 13.6. The molecule has 4 rings (SSSR count). The lowest BCUT2D eigenvalue weighted by Crippen LogP contribution is -2.21. The molecule has 2 N–H and O–H groups in total. The van der Waals surface area contributed by atoms with Gasteiger partial charge < -0.3 is 14.3 Å². The molecule has 0 unspecified atom stereocenters. The highest BCUT2D eigenvalue weighted by atomic mass is 16.5. The van der Waals surface area contributed by atoms with E-state index >= 15 is 0 Å². The van der Waals surface area contributed by atoms with E-state index in [2.05, 4.69) is 10.5 Å². The number of nitrogens with zero attached hydrogens (tertiary/aromatic N) is 1. The van der Waals surface area contributed by atoms with Crippen LogP contribution >= 0.6 is 0 Å². The van der Waals surface area contributed by atoms with E-state index in [-0.39, 0.29) is 11.1 Å². The Balaban J connectivity index is 1.64. The molecule has 0 spiro atoms. The lowest BCUT2D eigenvalue weighted by atomic mass is 10.1. The first kappa shape index (κ1) is 17.5. The molecule has 0 fully saturated rings. The molecule has 4 aromatic rings. The van der Waals surface area contributed by atoms with Crippen LogP contribution in [0.2, 0.25) is 0 Å². The minimum absolute atomic E-state index is 0.136. The summed E-state index contributed by atoms with van der Waals surface area (Å²) < 4.78 is 10.8. The van der Waals surface area contributed by atoms with Crippen LogP contribution in [-0.4, -0.2) is 11.1 Å². The van der Waals surface area contributed by atoms with Gasteiger partial charge in [-0.15, -0.1) is 0 Å². The number of hydrogen-bond acceptors (Lipinski definition) is 5. The zero-order chi connectivity index (χ0) is 19.5. The van der Waals surface area contributed by atoms with E-state index in [0.29, 0.717) is 22.7 Å². The molecule has 2 heterocycles. The van der Waals surface area contributed by atoms with Crippen molar-refractivity contribution < 1.29 is 13.7 Å². The summed E-state index contributed by atoms with van der Waals surface area (Å²) in [4.78, 5) is 12.8. The fourth-order valence-corrected chi connectivity index (χ4v) is 2.82. The van der Waals surface area contributed by atoms with Crippen molar-refractivity contribution in [3.8, 4) is 0 Å². The zero-order valence-corrected chi connectivity index (χ0v) is 15.1. The maximum Gasteiger partial charge on any atom is 0.261 e. The van der Waals surface area contributed by atoms with Gasteiger partial charge in [0.15, 0.2) is 5.76 Å². The highest BCUT2D eigenvalue weighted by Crippen LogP contribution is 2.23. The lowest BCUT2D eigenvalue weighted by molar-refractivity contribution is 0.102. The van der Waals surface area contributed by atoms with Gasteiger partial charge in [-0.3, -0.25) is 10.2 Å². The third kappa shape index (κ3) is 3.48. The fraction of sp³-hybridized carbons (Fsp3) is 0.0455. The first-order valence-electron chi connectivity index (χ1n) is 8.70. The summed E-state index contributed by atoms with van der Waals surface area (Å²) in [5, 5.41) is 15.5. The van der Waals surface area contributed by atoms with Gasteiger partial charge in [-0.2, -0.15) is 0 Å². The van der Waals surface area contributed by atoms with Gasteiger partial charge in [-0.1, -0.05) is 59.8 Å². The minimum atomic E-state index is -0.458. The van der Waals surface area contributed by atoms with Gasteiger partial charge in [0, 0.05) is 5.39 Å². The number of aromatic nitrogens is 1. The quantitative estimate of drug-likeness (QED) is 0.547. The van der Waals surface area contributed by atoms with Crippen molar-refractivity contribution in [3.05, 3.63) is 88.8 Å². The average Bonchev–Trinajstić information content (AvgIpc) is 3.06. The maximum atomic E-state index is 12.8. The van der Waals surface area contributed by atoms with Crippen molar-refractivity contribution in [2.75, 3.05) is 5.32 Å². The normalized spacial score (nSPS) is 11.2. The molecule has 138 valence electrons. The van der Waals surface area contributed by atoms with Crippen LogP contribution in [0, 0.1) is 12.3 Å². The van der Waals surface area contributed by atoms with Crippen molar-refractivity contribution in [1.82, 2.24) is 5.16 Å². The summed E-state index contributed by atoms with van der Waals surface area (Å²) in [7, 11) is 0. The maximum absolute atomic E-state index is 12.8. The second-order valence-electron chi connectivity index (χ2n) is 6.23. The molecule has 2 aromatic heterocycles. The molecule has 2 aromatic carbocycles. The molecule has 0 saturated carbocycles. The number of fused-ring (bicyclic) bond motifs is 1. The molecule has 0 radical (unpaired) electrons. The van der Waals surface area contributed by atoms with Crippen LogP contribution in [0.4, 0.5) is 5.69 Å². The van der Waals surface area contributed by atoms with E-state index in [1.807, 2.05) is 54.6 Å². The van der Waals surface area contributed by atoms with Crippen LogP contribution in [0.5, 0.6) is 0 Å². The molecule has 0 saturated heterocycles. The molecule has 1 amide bonds. The molecule has 0 aliphatic carbocycles. The third-order valence-electron chi connectivity index (χ3n) is 4.27. The van der Waals surface area contributed by atoms with Crippen LogP contribution in [-0.2, 0) is 0 Å². The summed E-state index contributed by atoms with van der Waals surface area (Å²) in [6, 6.07) is 18.6. The summed E-state index contributed by atoms with van der Waals surface area (Å²) in [6.07, 6.45) is 3.62. The summed E-state index contributed by atoms with van der Waals surface area (Å²) in [6.45, 7) is 1.74. The van der Waals surface area contributed by atoms with E-state index in [4.69, 9.17) is 14.3 Å². The smallest absolute Gasteiger partial charge is 0.261 e. The summed E-state index contributed by atoms with van der Waals surface area (Å²) >= 11 is 0. The Labute approximate surface area is 160 Å². The number of anilines is 1.